The minimum Gasteiger partial charge on any atom is -0.393 e. The van der Waals surface area contributed by atoms with Gasteiger partial charge in [0.1, 0.15) is 5.69 Å². The quantitative estimate of drug-likeness (QED) is 0.766. The maximum atomic E-state index is 11.9. The van der Waals surface area contributed by atoms with Crippen LogP contribution in [-0.2, 0) is 11.2 Å². The van der Waals surface area contributed by atoms with E-state index in [-0.39, 0.29) is 23.8 Å². The van der Waals surface area contributed by atoms with Crippen LogP contribution in [0.5, 0.6) is 0 Å². The van der Waals surface area contributed by atoms with Crippen molar-refractivity contribution in [3.8, 4) is 11.5 Å². The van der Waals surface area contributed by atoms with Gasteiger partial charge >= 0.3 is 0 Å². The molecule has 1 unspecified atom stereocenters. The summed E-state index contributed by atoms with van der Waals surface area (Å²) in [5.74, 6) is 0.754. The number of rotatable bonds is 8. The normalized spacial score (nSPS) is 12.8. The number of aromatic nitrogens is 3. The summed E-state index contributed by atoms with van der Waals surface area (Å²) in [7, 11) is 0. The molecule has 1 amide bonds. The summed E-state index contributed by atoms with van der Waals surface area (Å²) in [6.07, 6.45) is 2.55. The minimum atomic E-state index is -0.389. The fraction of sp³-hybridized carbons (Fsp3) is 0.529. The van der Waals surface area contributed by atoms with Gasteiger partial charge in [-0.3, -0.25) is 9.78 Å². The number of aryl methyl sites for hydroxylation is 1. The average Bonchev–Trinajstić information content (AvgIpc) is 3.00. The predicted octanol–water partition coefficient (Wildman–Crippen LogP) is 1.98. The molecule has 130 valence electrons. The van der Waals surface area contributed by atoms with Crippen LogP contribution in [-0.4, -0.2) is 38.8 Å². The highest BCUT2D eigenvalue weighted by Gasteiger charge is 2.21. The van der Waals surface area contributed by atoms with E-state index in [2.05, 4.69) is 20.4 Å². The van der Waals surface area contributed by atoms with Crippen LogP contribution in [0.15, 0.2) is 28.9 Å². The first kappa shape index (κ1) is 18.1. The first-order chi connectivity index (χ1) is 11.4. The SMILES string of the molecule is CC(O)CC(C)(C)CNC(=O)CCc1nc(-c2ccccn2)no1. The minimum absolute atomic E-state index is 0.0775. The van der Waals surface area contributed by atoms with Crippen LogP contribution in [0.4, 0.5) is 0 Å². The predicted molar refractivity (Wildman–Crippen MR) is 88.9 cm³/mol. The molecule has 0 fully saturated rings. The zero-order valence-electron chi connectivity index (χ0n) is 14.3. The summed E-state index contributed by atoms with van der Waals surface area (Å²) >= 11 is 0. The fourth-order valence-corrected chi connectivity index (χ4v) is 2.47. The second kappa shape index (κ2) is 8.01. The molecule has 24 heavy (non-hydrogen) atoms. The number of pyridine rings is 1. The molecule has 0 saturated carbocycles. The van der Waals surface area contributed by atoms with Crippen molar-refractivity contribution in [1.82, 2.24) is 20.4 Å². The molecule has 2 aromatic rings. The summed E-state index contributed by atoms with van der Waals surface area (Å²) in [5.41, 5.74) is 0.484. The molecule has 0 aliphatic carbocycles. The lowest BCUT2D eigenvalue weighted by atomic mass is 9.87. The topological polar surface area (TPSA) is 101 Å². The molecule has 2 N–H and O–H groups in total. The van der Waals surface area contributed by atoms with Crippen molar-refractivity contribution in [2.75, 3.05) is 6.54 Å². The van der Waals surface area contributed by atoms with E-state index >= 15 is 0 Å². The van der Waals surface area contributed by atoms with E-state index in [1.807, 2.05) is 26.0 Å². The van der Waals surface area contributed by atoms with E-state index < -0.39 is 0 Å². The number of carbonyl (C=O) groups excluding carboxylic acids is 1. The van der Waals surface area contributed by atoms with Gasteiger partial charge in [0.05, 0.1) is 6.10 Å². The van der Waals surface area contributed by atoms with E-state index in [1.165, 1.54) is 0 Å². The Morgan fingerprint density at radius 2 is 2.21 bits per heavy atom. The average molecular weight is 332 g/mol. The number of nitrogens with zero attached hydrogens (tertiary/aromatic N) is 3. The first-order valence-electron chi connectivity index (χ1n) is 8.04. The fourth-order valence-electron chi connectivity index (χ4n) is 2.47. The Labute approximate surface area is 141 Å². The molecule has 2 rings (SSSR count). The van der Waals surface area contributed by atoms with E-state index in [0.717, 1.165) is 0 Å². The summed E-state index contributed by atoms with van der Waals surface area (Å²) in [6, 6.07) is 5.46. The molecule has 1 atom stereocenters. The first-order valence-corrected chi connectivity index (χ1v) is 8.04. The standard InChI is InChI=1S/C17H24N4O3/c1-12(22)10-17(2,3)11-19-14(23)7-8-15-20-16(21-24-15)13-6-4-5-9-18-13/h4-6,9,12,22H,7-8,10-11H2,1-3H3,(H,19,23). The van der Waals surface area contributed by atoms with Crippen LogP contribution in [0.25, 0.3) is 11.5 Å². The second-order valence-corrected chi connectivity index (χ2v) is 6.72. The van der Waals surface area contributed by atoms with Gasteiger partial charge in [0.15, 0.2) is 0 Å². The molecule has 0 aliphatic heterocycles. The lowest BCUT2D eigenvalue weighted by Gasteiger charge is -2.26. The third-order valence-corrected chi connectivity index (χ3v) is 3.54. The van der Waals surface area contributed by atoms with Crippen LogP contribution in [0.1, 0.15) is 39.5 Å². The van der Waals surface area contributed by atoms with Crippen LogP contribution < -0.4 is 5.32 Å². The Balaban J connectivity index is 1.79. The zero-order valence-corrected chi connectivity index (χ0v) is 14.3. The van der Waals surface area contributed by atoms with Crippen LogP contribution in [0, 0.1) is 5.41 Å². The number of hydrogen-bond acceptors (Lipinski definition) is 6. The van der Waals surface area contributed by atoms with Crippen molar-refractivity contribution in [1.29, 1.82) is 0 Å². The lowest BCUT2D eigenvalue weighted by Crippen LogP contribution is -2.35. The second-order valence-electron chi connectivity index (χ2n) is 6.72. The van der Waals surface area contributed by atoms with Crippen molar-refractivity contribution >= 4 is 5.91 Å². The van der Waals surface area contributed by atoms with Gasteiger partial charge in [0, 0.05) is 25.6 Å². The van der Waals surface area contributed by atoms with Crippen molar-refractivity contribution in [2.24, 2.45) is 5.41 Å². The highest BCUT2D eigenvalue weighted by Crippen LogP contribution is 2.21. The highest BCUT2D eigenvalue weighted by atomic mass is 16.5. The summed E-state index contributed by atoms with van der Waals surface area (Å²) < 4.78 is 5.15. The molecule has 0 spiro atoms. The summed E-state index contributed by atoms with van der Waals surface area (Å²) in [6.45, 7) is 6.28. The van der Waals surface area contributed by atoms with Gasteiger partial charge in [0.2, 0.25) is 17.6 Å². The van der Waals surface area contributed by atoms with Gasteiger partial charge in [-0.1, -0.05) is 25.1 Å². The van der Waals surface area contributed by atoms with Crippen LogP contribution in [0.3, 0.4) is 0 Å². The van der Waals surface area contributed by atoms with Gasteiger partial charge in [-0.05, 0) is 30.9 Å². The van der Waals surface area contributed by atoms with Crippen LogP contribution in [0.2, 0.25) is 0 Å². The Morgan fingerprint density at radius 3 is 2.88 bits per heavy atom. The Kier molecular flexibility index (Phi) is 6.03. The lowest BCUT2D eigenvalue weighted by molar-refractivity contribution is -0.121. The molecule has 7 nitrogen and oxygen atoms in total. The largest absolute Gasteiger partial charge is 0.393 e. The molecule has 0 bridgehead atoms. The molecule has 7 heteroatoms. The number of amides is 1. The molecule has 0 saturated heterocycles. The van der Waals surface area contributed by atoms with Crippen molar-refractivity contribution < 1.29 is 14.4 Å². The molecule has 2 aromatic heterocycles. The van der Waals surface area contributed by atoms with Gasteiger partial charge in [-0.15, -0.1) is 0 Å². The Hall–Kier alpha value is -2.28. The summed E-state index contributed by atoms with van der Waals surface area (Å²) in [4.78, 5) is 20.4. The molecule has 0 radical (unpaired) electrons. The van der Waals surface area contributed by atoms with E-state index in [1.54, 1.807) is 19.2 Å². The molecular weight excluding hydrogens is 308 g/mol. The third kappa shape index (κ3) is 5.73. The molecule has 2 heterocycles. The number of carbonyl (C=O) groups is 1. The van der Waals surface area contributed by atoms with Crippen molar-refractivity contribution in [3.05, 3.63) is 30.3 Å². The monoisotopic (exact) mass is 332 g/mol. The van der Waals surface area contributed by atoms with Crippen molar-refractivity contribution in [2.45, 2.75) is 46.1 Å². The van der Waals surface area contributed by atoms with E-state index in [9.17, 15) is 9.90 Å². The maximum absolute atomic E-state index is 11.9. The van der Waals surface area contributed by atoms with Gasteiger partial charge in [0.25, 0.3) is 0 Å². The highest BCUT2D eigenvalue weighted by molar-refractivity contribution is 5.76. The van der Waals surface area contributed by atoms with Gasteiger partial charge < -0.3 is 14.9 Å². The van der Waals surface area contributed by atoms with Crippen molar-refractivity contribution in [3.63, 3.8) is 0 Å². The number of aliphatic hydroxyl groups is 1. The van der Waals surface area contributed by atoms with Crippen LogP contribution >= 0.6 is 0 Å². The maximum Gasteiger partial charge on any atom is 0.227 e. The van der Waals surface area contributed by atoms with E-state index in [0.29, 0.717) is 36.8 Å². The Morgan fingerprint density at radius 1 is 1.42 bits per heavy atom. The molecular formula is C17H24N4O3. The van der Waals surface area contributed by atoms with Gasteiger partial charge in [-0.2, -0.15) is 4.98 Å². The smallest absolute Gasteiger partial charge is 0.227 e. The van der Waals surface area contributed by atoms with E-state index in [4.69, 9.17) is 4.52 Å². The Bertz CT molecular complexity index is 653. The van der Waals surface area contributed by atoms with Gasteiger partial charge in [-0.25, -0.2) is 0 Å². The molecule has 0 aromatic carbocycles. The number of aliphatic hydroxyl groups excluding tert-OH is 1. The third-order valence-electron chi connectivity index (χ3n) is 3.54. The zero-order chi connectivity index (χ0) is 17.6. The molecule has 0 aliphatic rings. The summed E-state index contributed by atoms with van der Waals surface area (Å²) in [5, 5.41) is 16.2. The number of nitrogens with one attached hydrogen (secondary N) is 1. The number of hydrogen-bond donors (Lipinski definition) is 2.